The molecule has 2 atom stereocenters. The highest BCUT2D eigenvalue weighted by Crippen LogP contribution is 2.18. The maximum atomic E-state index is 11.7. The van der Waals surface area contributed by atoms with E-state index in [1.807, 2.05) is 30.8 Å². The molecule has 2 unspecified atom stereocenters. The summed E-state index contributed by atoms with van der Waals surface area (Å²) in [5.74, 6) is 0.708. The number of carbonyl (C=O) groups is 1. The number of rotatable bonds is 3. The third kappa shape index (κ3) is 2.96. The Hall–Kier alpha value is -0.610. The molecule has 0 aromatic carbocycles. The average molecular weight is 199 g/mol. The summed E-state index contributed by atoms with van der Waals surface area (Å²) in [6.07, 6.45) is 1.05. The number of hydrogen-bond donors (Lipinski definition) is 1. The number of likely N-dealkylation sites (N-methyl/N-ethyl adjacent to an activating group) is 1. The van der Waals surface area contributed by atoms with Crippen LogP contribution in [0.4, 0.5) is 0 Å². The van der Waals surface area contributed by atoms with Crippen LogP contribution in [0.5, 0.6) is 0 Å². The maximum absolute atomic E-state index is 11.7. The van der Waals surface area contributed by atoms with E-state index in [9.17, 15) is 4.79 Å². The smallest absolute Gasteiger partial charge is 0.236 e. The van der Waals surface area contributed by atoms with E-state index in [0.29, 0.717) is 12.5 Å². The van der Waals surface area contributed by atoms with E-state index in [2.05, 4.69) is 0 Å². The molecule has 1 saturated heterocycles. The highest BCUT2D eigenvalue weighted by atomic mass is 16.2. The summed E-state index contributed by atoms with van der Waals surface area (Å²) in [5.41, 5.74) is 5.81. The molecule has 0 aromatic heterocycles. The molecule has 0 aromatic rings. The van der Waals surface area contributed by atoms with Crippen molar-refractivity contribution >= 4 is 5.91 Å². The second-order valence-electron chi connectivity index (χ2n) is 4.49. The zero-order valence-electron chi connectivity index (χ0n) is 9.36. The molecule has 1 fully saturated rings. The summed E-state index contributed by atoms with van der Waals surface area (Å²) in [6.45, 7) is 4.24. The van der Waals surface area contributed by atoms with E-state index >= 15 is 0 Å². The number of nitrogens with zero attached hydrogens (tertiary/aromatic N) is 2. The Morgan fingerprint density at radius 1 is 1.64 bits per heavy atom. The van der Waals surface area contributed by atoms with Crippen molar-refractivity contribution < 1.29 is 4.79 Å². The lowest BCUT2D eigenvalue weighted by Crippen LogP contribution is -2.37. The van der Waals surface area contributed by atoms with Gasteiger partial charge < -0.3 is 15.5 Å². The van der Waals surface area contributed by atoms with Gasteiger partial charge in [-0.2, -0.15) is 0 Å². The fourth-order valence-corrected chi connectivity index (χ4v) is 1.81. The molecule has 0 saturated carbocycles. The van der Waals surface area contributed by atoms with Gasteiger partial charge in [0.1, 0.15) is 0 Å². The molecule has 1 aliphatic rings. The van der Waals surface area contributed by atoms with Gasteiger partial charge in [0, 0.05) is 19.1 Å². The Labute approximate surface area is 86.0 Å². The predicted octanol–water partition coefficient (Wildman–Crippen LogP) is -0.256. The van der Waals surface area contributed by atoms with Crippen LogP contribution >= 0.6 is 0 Å². The zero-order valence-corrected chi connectivity index (χ0v) is 9.36. The molecule has 4 heteroatoms. The van der Waals surface area contributed by atoms with Crippen molar-refractivity contribution in [1.82, 2.24) is 9.80 Å². The Morgan fingerprint density at radius 3 is 2.71 bits per heavy atom. The van der Waals surface area contributed by atoms with Crippen molar-refractivity contribution in [2.75, 3.05) is 33.7 Å². The van der Waals surface area contributed by atoms with Crippen molar-refractivity contribution in [2.24, 2.45) is 11.7 Å². The molecule has 4 nitrogen and oxygen atoms in total. The van der Waals surface area contributed by atoms with Crippen LogP contribution in [0.2, 0.25) is 0 Å². The van der Waals surface area contributed by atoms with Gasteiger partial charge in [0.25, 0.3) is 0 Å². The van der Waals surface area contributed by atoms with Gasteiger partial charge in [-0.05, 0) is 33.4 Å². The first-order valence-electron chi connectivity index (χ1n) is 5.18. The van der Waals surface area contributed by atoms with Crippen LogP contribution in [0.3, 0.4) is 0 Å². The fourth-order valence-electron chi connectivity index (χ4n) is 1.81. The lowest BCUT2D eigenvalue weighted by Gasteiger charge is -2.20. The molecule has 0 radical (unpaired) electrons. The Kier molecular flexibility index (Phi) is 3.89. The molecule has 0 bridgehead atoms. The maximum Gasteiger partial charge on any atom is 0.236 e. The molecule has 1 aliphatic heterocycles. The number of amides is 1. The van der Waals surface area contributed by atoms with Gasteiger partial charge in [0.05, 0.1) is 6.54 Å². The summed E-state index contributed by atoms with van der Waals surface area (Å²) in [7, 11) is 3.83. The minimum Gasteiger partial charge on any atom is -0.341 e. The van der Waals surface area contributed by atoms with E-state index in [1.54, 1.807) is 0 Å². The number of hydrogen-bond acceptors (Lipinski definition) is 3. The van der Waals surface area contributed by atoms with Gasteiger partial charge in [-0.25, -0.2) is 0 Å². The molecule has 82 valence electrons. The van der Waals surface area contributed by atoms with Crippen molar-refractivity contribution in [3.63, 3.8) is 0 Å². The Balaban J connectivity index is 2.38. The van der Waals surface area contributed by atoms with E-state index in [1.165, 1.54) is 0 Å². The highest BCUT2D eigenvalue weighted by molar-refractivity contribution is 5.78. The third-order valence-electron chi connectivity index (χ3n) is 2.77. The van der Waals surface area contributed by atoms with Crippen molar-refractivity contribution in [3.05, 3.63) is 0 Å². The second kappa shape index (κ2) is 4.75. The monoisotopic (exact) mass is 199 g/mol. The van der Waals surface area contributed by atoms with Gasteiger partial charge >= 0.3 is 0 Å². The average Bonchev–Trinajstić information content (AvgIpc) is 2.50. The summed E-state index contributed by atoms with van der Waals surface area (Å²) >= 11 is 0. The van der Waals surface area contributed by atoms with Gasteiger partial charge in [0.15, 0.2) is 0 Å². The van der Waals surface area contributed by atoms with Crippen LogP contribution in [0.15, 0.2) is 0 Å². The molecule has 0 spiro atoms. The summed E-state index contributed by atoms with van der Waals surface area (Å²) < 4.78 is 0. The number of nitrogens with two attached hydrogens (primary N) is 1. The summed E-state index contributed by atoms with van der Waals surface area (Å²) in [4.78, 5) is 15.5. The van der Waals surface area contributed by atoms with Crippen molar-refractivity contribution in [1.29, 1.82) is 0 Å². The molecule has 0 aliphatic carbocycles. The largest absolute Gasteiger partial charge is 0.341 e. The summed E-state index contributed by atoms with van der Waals surface area (Å²) in [6, 6.07) is 0.201. The quantitative estimate of drug-likeness (QED) is 0.681. The first-order valence-corrected chi connectivity index (χ1v) is 5.18. The van der Waals surface area contributed by atoms with Crippen LogP contribution in [-0.2, 0) is 4.79 Å². The summed E-state index contributed by atoms with van der Waals surface area (Å²) in [5, 5.41) is 0. The van der Waals surface area contributed by atoms with E-state index < -0.39 is 0 Å². The van der Waals surface area contributed by atoms with E-state index in [4.69, 9.17) is 5.73 Å². The van der Waals surface area contributed by atoms with Gasteiger partial charge in [-0.3, -0.25) is 4.79 Å². The van der Waals surface area contributed by atoms with Crippen molar-refractivity contribution in [2.45, 2.75) is 19.4 Å². The number of carbonyl (C=O) groups excluding carboxylic acids is 1. The van der Waals surface area contributed by atoms with Crippen LogP contribution in [0.1, 0.15) is 13.3 Å². The van der Waals surface area contributed by atoms with Gasteiger partial charge in [0.2, 0.25) is 5.91 Å². The van der Waals surface area contributed by atoms with Gasteiger partial charge in [-0.1, -0.05) is 0 Å². The SMILES string of the molecule is CC(N)C1CCN(C(=O)CN(C)C)C1. The Morgan fingerprint density at radius 2 is 2.29 bits per heavy atom. The van der Waals surface area contributed by atoms with Crippen LogP contribution < -0.4 is 5.73 Å². The molecule has 1 amide bonds. The van der Waals surface area contributed by atoms with Crippen LogP contribution in [0, 0.1) is 5.92 Å². The Bertz CT molecular complexity index is 204. The second-order valence-corrected chi connectivity index (χ2v) is 4.49. The normalized spacial score (nSPS) is 24.4. The standard InChI is InChI=1S/C10H21N3O/c1-8(11)9-4-5-13(6-9)10(14)7-12(2)3/h8-9H,4-7,11H2,1-3H3. The molecule has 2 N–H and O–H groups in total. The minimum absolute atomic E-state index is 0.201. The van der Waals surface area contributed by atoms with E-state index in [-0.39, 0.29) is 11.9 Å². The first kappa shape index (κ1) is 11.5. The van der Waals surface area contributed by atoms with Crippen molar-refractivity contribution in [3.8, 4) is 0 Å². The van der Waals surface area contributed by atoms with Crippen LogP contribution in [-0.4, -0.2) is 55.5 Å². The molecule has 14 heavy (non-hydrogen) atoms. The highest BCUT2D eigenvalue weighted by Gasteiger charge is 2.28. The predicted molar refractivity (Wildman–Crippen MR) is 56.9 cm³/mol. The molecular formula is C10H21N3O. The van der Waals surface area contributed by atoms with Crippen LogP contribution in [0.25, 0.3) is 0 Å². The molecule has 1 rings (SSSR count). The molecule has 1 heterocycles. The lowest BCUT2D eigenvalue weighted by atomic mass is 10.0. The number of likely N-dealkylation sites (tertiary alicyclic amines) is 1. The lowest BCUT2D eigenvalue weighted by molar-refractivity contribution is -0.130. The van der Waals surface area contributed by atoms with E-state index in [0.717, 1.165) is 19.5 Å². The topological polar surface area (TPSA) is 49.6 Å². The first-order chi connectivity index (χ1) is 6.50. The molecular weight excluding hydrogens is 178 g/mol. The third-order valence-corrected chi connectivity index (χ3v) is 2.77. The fraction of sp³-hybridized carbons (Fsp3) is 0.900. The minimum atomic E-state index is 0.201. The zero-order chi connectivity index (χ0) is 10.7. The van der Waals surface area contributed by atoms with Gasteiger partial charge in [-0.15, -0.1) is 0 Å².